The number of carbonyl (C=O) groups is 1. The van der Waals surface area contributed by atoms with Crippen molar-refractivity contribution in [2.75, 3.05) is 0 Å². The predicted molar refractivity (Wildman–Crippen MR) is 69.0 cm³/mol. The lowest BCUT2D eigenvalue weighted by molar-refractivity contribution is 0.0947. The van der Waals surface area contributed by atoms with Crippen LogP contribution in [0.15, 0.2) is 41.3 Å². The van der Waals surface area contributed by atoms with E-state index in [1.807, 2.05) is 0 Å². The first-order chi connectivity index (χ1) is 8.66. The summed E-state index contributed by atoms with van der Waals surface area (Å²) >= 11 is 3.21. The third kappa shape index (κ3) is 3.04. The van der Waals surface area contributed by atoms with Crippen LogP contribution in [0.1, 0.15) is 16.1 Å². The van der Waals surface area contributed by atoms with Crippen molar-refractivity contribution in [2.45, 2.75) is 6.54 Å². The van der Waals surface area contributed by atoms with Gasteiger partial charge in [-0.2, -0.15) is 0 Å². The van der Waals surface area contributed by atoms with Gasteiger partial charge in [-0.05, 0) is 24.3 Å². The van der Waals surface area contributed by atoms with Gasteiger partial charge in [0.05, 0.1) is 17.8 Å². The van der Waals surface area contributed by atoms with E-state index < -0.39 is 0 Å². The smallest absolute Gasteiger partial charge is 0.255 e. The highest BCUT2D eigenvalue weighted by molar-refractivity contribution is 9.10. The van der Waals surface area contributed by atoms with Crippen molar-refractivity contribution >= 4 is 21.8 Å². The van der Waals surface area contributed by atoms with Crippen LogP contribution in [-0.4, -0.2) is 21.0 Å². The molecule has 0 atom stereocenters. The van der Waals surface area contributed by atoms with Crippen LogP contribution in [0.4, 0.5) is 0 Å². The minimum atomic E-state index is -0.349. The third-order valence-electron chi connectivity index (χ3n) is 2.28. The number of aromatic hydroxyl groups is 1. The molecule has 0 aliphatic carbocycles. The Morgan fingerprint density at radius 2 is 2.22 bits per heavy atom. The molecule has 1 aromatic heterocycles. The SMILES string of the molecule is O=C(NCc1ccncn1)c1ccc(Br)cc1O. The minimum absolute atomic E-state index is 0.0652. The Morgan fingerprint density at radius 3 is 2.89 bits per heavy atom. The number of phenols is 1. The Labute approximate surface area is 112 Å². The van der Waals surface area contributed by atoms with Crippen LogP contribution < -0.4 is 5.32 Å². The molecule has 1 heterocycles. The molecular formula is C12H10BrN3O2. The van der Waals surface area contributed by atoms with Crippen LogP contribution in [0.2, 0.25) is 0 Å². The van der Waals surface area contributed by atoms with E-state index in [2.05, 4.69) is 31.2 Å². The van der Waals surface area contributed by atoms with E-state index in [-0.39, 0.29) is 23.8 Å². The predicted octanol–water partition coefficient (Wildman–Crippen LogP) is 1.87. The van der Waals surface area contributed by atoms with Crippen LogP contribution in [0.5, 0.6) is 5.75 Å². The van der Waals surface area contributed by atoms with Crippen molar-refractivity contribution < 1.29 is 9.90 Å². The van der Waals surface area contributed by atoms with Crippen molar-refractivity contribution in [3.63, 3.8) is 0 Å². The normalized spacial score (nSPS) is 10.1. The molecule has 6 heteroatoms. The molecule has 0 saturated carbocycles. The van der Waals surface area contributed by atoms with E-state index in [0.717, 1.165) is 0 Å². The van der Waals surface area contributed by atoms with Gasteiger partial charge >= 0.3 is 0 Å². The molecule has 0 radical (unpaired) electrons. The number of carbonyl (C=O) groups excluding carboxylic acids is 1. The maximum atomic E-state index is 11.8. The number of nitrogens with zero attached hydrogens (tertiary/aromatic N) is 2. The molecule has 92 valence electrons. The van der Waals surface area contributed by atoms with Crippen LogP contribution >= 0.6 is 15.9 Å². The highest BCUT2D eigenvalue weighted by atomic mass is 79.9. The number of phenolic OH excluding ortho intramolecular Hbond substituents is 1. The first-order valence-corrected chi connectivity index (χ1v) is 5.98. The Hall–Kier alpha value is -1.95. The van der Waals surface area contributed by atoms with Gasteiger partial charge in [0.1, 0.15) is 12.1 Å². The second-order valence-electron chi connectivity index (χ2n) is 3.54. The lowest BCUT2D eigenvalue weighted by Crippen LogP contribution is -2.23. The number of rotatable bonds is 3. The largest absolute Gasteiger partial charge is 0.507 e. The minimum Gasteiger partial charge on any atom is -0.507 e. The maximum Gasteiger partial charge on any atom is 0.255 e. The molecular weight excluding hydrogens is 298 g/mol. The van der Waals surface area contributed by atoms with Gasteiger partial charge in [0.2, 0.25) is 0 Å². The van der Waals surface area contributed by atoms with Gasteiger partial charge in [0, 0.05) is 10.7 Å². The average molecular weight is 308 g/mol. The van der Waals surface area contributed by atoms with E-state index in [9.17, 15) is 9.90 Å². The monoisotopic (exact) mass is 307 g/mol. The molecule has 0 bridgehead atoms. The first-order valence-electron chi connectivity index (χ1n) is 5.18. The average Bonchev–Trinajstić information content (AvgIpc) is 2.37. The van der Waals surface area contributed by atoms with E-state index >= 15 is 0 Å². The van der Waals surface area contributed by atoms with Crippen molar-refractivity contribution in [3.8, 4) is 5.75 Å². The number of hydrogen-bond donors (Lipinski definition) is 2. The zero-order valence-corrected chi connectivity index (χ0v) is 10.9. The van der Waals surface area contributed by atoms with Crippen molar-refractivity contribution in [2.24, 2.45) is 0 Å². The maximum absolute atomic E-state index is 11.8. The van der Waals surface area contributed by atoms with Crippen molar-refractivity contribution in [1.82, 2.24) is 15.3 Å². The van der Waals surface area contributed by atoms with Gasteiger partial charge in [-0.3, -0.25) is 4.79 Å². The van der Waals surface area contributed by atoms with Crippen molar-refractivity contribution in [3.05, 3.63) is 52.5 Å². The molecule has 2 rings (SSSR count). The molecule has 0 aliphatic heterocycles. The molecule has 0 saturated heterocycles. The summed E-state index contributed by atoms with van der Waals surface area (Å²) in [6.07, 6.45) is 3.02. The molecule has 2 N–H and O–H groups in total. The van der Waals surface area contributed by atoms with E-state index in [1.165, 1.54) is 12.4 Å². The van der Waals surface area contributed by atoms with Gasteiger partial charge in [-0.15, -0.1) is 0 Å². The Bertz CT molecular complexity index is 561. The summed E-state index contributed by atoms with van der Waals surface area (Å²) in [7, 11) is 0. The summed E-state index contributed by atoms with van der Waals surface area (Å²) in [5.74, 6) is -0.414. The molecule has 0 aliphatic rings. The van der Waals surface area contributed by atoms with E-state index in [0.29, 0.717) is 10.2 Å². The summed E-state index contributed by atoms with van der Waals surface area (Å²) in [6.45, 7) is 0.289. The van der Waals surface area contributed by atoms with Gasteiger partial charge in [-0.1, -0.05) is 15.9 Å². The Balaban J connectivity index is 2.04. The van der Waals surface area contributed by atoms with Gasteiger partial charge < -0.3 is 10.4 Å². The number of amides is 1. The van der Waals surface area contributed by atoms with Crippen LogP contribution in [0, 0.1) is 0 Å². The summed E-state index contributed by atoms with van der Waals surface area (Å²) in [6, 6.07) is 6.43. The lowest BCUT2D eigenvalue weighted by Gasteiger charge is -2.06. The number of nitrogens with one attached hydrogen (secondary N) is 1. The topological polar surface area (TPSA) is 75.1 Å². The molecule has 0 spiro atoms. The first kappa shape index (κ1) is 12.5. The summed E-state index contributed by atoms with van der Waals surface area (Å²) in [5.41, 5.74) is 0.933. The summed E-state index contributed by atoms with van der Waals surface area (Å²) in [5, 5.41) is 12.3. The molecule has 1 amide bonds. The van der Waals surface area contributed by atoms with Gasteiger partial charge in [0.25, 0.3) is 5.91 Å². The molecule has 0 fully saturated rings. The fraction of sp³-hybridized carbons (Fsp3) is 0.0833. The van der Waals surface area contributed by atoms with Crippen LogP contribution in [0.3, 0.4) is 0 Å². The highest BCUT2D eigenvalue weighted by Crippen LogP contribution is 2.22. The third-order valence-corrected chi connectivity index (χ3v) is 2.77. The molecule has 2 aromatic rings. The van der Waals surface area contributed by atoms with E-state index in [1.54, 1.807) is 24.4 Å². The van der Waals surface area contributed by atoms with Crippen LogP contribution in [-0.2, 0) is 6.54 Å². The quantitative estimate of drug-likeness (QED) is 0.908. The lowest BCUT2D eigenvalue weighted by atomic mass is 10.2. The number of halogens is 1. The second kappa shape index (κ2) is 5.59. The number of benzene rings is 1. The molecule has 1 aromatic carbocycles. The highest BCUT2D eigenvalue weighted by Gasteiger charge is 2.10. The summed E-state index contributed by atoms with van der Waals surface area (Å²) in [4.78, 5) is 19.6. The molecule has 5 nitrogen and oxygen atoms in total. The fourth-order valence-electron chi connectivity index (χ4n) is 1.39. The van der Waals surface area contributed by atoms with Gasteiger partial charge in [-0.25, -0.2) is 9.97 Å². The standard InChI is InChI=1S/C12H10BrN3O2/c13-8-1-2-10(11(17)5-8)12(18)15-6-9-3-4-14-7-16-9/h1-5,7,17H,6H2,(H,15,18). The number of aromatic nitrogens is 2. The Morgan fingerprint density at radius 1 is 1.39 bits per heavy atom. The number of hydrogen-bond acceptors (Lipinski definition) is 4. The molecule has 0 unspecified atom stereocenters. The fourth-order valence-corrected chi connectivity index (χ4v) is 1.73. The second-order valence-corrected chi connectivity index (χ2v) is 4.46. The van der Waals surface area contributed by atoms with Crippen LogP contribution in [0.25, 0.3) is 0 Å². The van der Waals surface area contributed by atoms with E-state index in [4.69, 9.17) is 0 Å². The van der Waals surface area contributed by atoms with Crippen molar-refractivity contribution in [1.29, 1.82) is 0 Å². The molecule has 18 heavy (non-hydrogen) atoms. The zero-order chi connectivity index (χ0) is 13.0. The Kier molecular flexibility index (Phi) is 3.88. The van der Waals surface area contributed by atoms with Gasteiger partial charge in [0.15, 0.2) is 0 Å². The summed E-state index contributed by atoms with van der Waals surface area (Å²) < 4.78 is 0.715. The zero-order valence-electron chi connectivity index (χ0n) is 9.30.